The van der Waals surface area contributed by atoms with E-state index in [0.29, 0.717) is 17.9 Å². The van der Waals surface area contributed by atoms with Gasteiger partial charge in [-0.05, 0) is 51.5 Å². The minimum absolute atomic E-state index is 0.0279. The molecule has 29 heavy (non-hydrogen) atoms. The molecule has 154 valence electrons. The van der Waals surface area contributed by atoms with Crippen LogP contribution in [-0.4, -0.2) is 29.3 Å². The van der Waals surface area contributed by atoms with Crippen LogP contribution in [0.15, 0.2) is 54.7 Å². The molecule has 0 aliphatic heterocycles. The number of fused-ring (bicyclic) bond motifs is 1. The summed E-state index contributed by atoms with van der Waals surface area (Å²) in [6.45, 7) is 8.29. The quantitative estimate of drug-likeness (QED) is 0.433. The Hall–Kier alpha value is -2.92. The van der Waals surface area contributed by atoms with Gasteiger partial charge in [-0.3, -0.25) is 4.79 Å². The topological polar surface area (TPSA) is 57.5 Å². The van der Waals surface area contributed by atoms with Gasteiger partial charge in [0.05, 0.1) is 12.1 Å². The molecular formula is C24H29NO4. The van der Waals surface area contributed by atoms with Gasteiger partial charge in [0.25, 0.3) is 0 Å². The van der Waals surface area contributed by atoms with Gasteiger partial charge in [0.15, 0.2) is 5.78 Å². The van der Waals surface area contributed by atoms with Gasteiger partial charge in [-0.1, -0.05) is 30.3 Å². The van der Waals surface area contributed by atoms with Gasteiger partial charge in [0.2, 0.25) is 0 Å². The van der Waals surface area contributed by atoms with Crippen LogP contribution in [0.1, 0.15) is 43.6 Å². The fourth-order valence-electron chi connectivity index (χ4n) is 2.62. The molecule has 0 saturated heterocycles. The smallest absolute Gasteiger partial charge is 0.161 e. The third-order valence-electron chi connectivity index (χ3n) is 4.36. The second-order valence-electron chi connectivity index (χ2n) is 7.69. The summed E-state index contributed by atoms with van der Waals surface area (Å²) in [7, 11) is 1.71. The lowest BCUT2D eigenvalue weighted by Gasteiger charge is -2.14. The predicted octanol–water partition coefficient (Wildman–Crippen LogP) is 5.05. The van der Waals surface area contributed by atoms with Gasteiger partial charge in [-0.25, -0.2) is 0 Å². The molecule has 2 aromatic carbocycles. The third-order valence-corrected chi connectivity index (χ3v) is 4.36. The molecule has 1 heterocycles. The molecule has 0 aliphatic carbocycles. The van der Waals surface area contributed by atoms with E-state index in [4.69, 9.17) is 9.47 Å². The van der Waals surface area contributed by atoms with Crippen LogP contribution in [-0.2, 0) is 22.7 Å². The molecule has 0 bridgehead atoms. The lowest BCUT2D eigenvalue weighted by Crippen LogP contribution is -2.15. The van der Waals surface area contributed by atoms with E-state index in [-0.39, 0.29) is 17.9 Å². The van der Waals surface area contributed by atoms with Gasteiger partial charge >= 0.3 is 0 Å². The number of hydrogen-bond acceptors (Lipinski definition) is 4. The van der Waals surface area contributed by atoms with Crippen molar-refractivity contribution in [3.63, 3.8) is 0 Å². The van der Waals surface area contributed by atoms with Crippen molar-refractivity contribution in [2.24, 2.45) is 0 Å². The minimum Gasteiger partial charge on any atom is -0.489 e. The number of rotatable bonds is 6. The Bertz CT molecular complexity index is 952. The Morgan fingerprint density at radius 2 is 1.76 bits per heavy atom. The maximum atomic E-state index is 11.8. The van der Waals surface area contributed by atoms with Crippen LogP contribution in [0, 0.1) is 0 Å². The molecule has 0 saturated carbocycles. The fraction of sp³-hybridized carbons (Fsp3) is 0.333. The highest BCUT2D eigenvalue weighted by Crippen LogP contribution is 2.27. The number of hydrogen-bond donors (Lipinski definition) is 0. The van der Waals surface area contributed by atoms with Gasteiger partial charge in [0, 0.05) is 29.8 Å². The highest BCUT2D eigenvalue weighted by molar-refractivity contribution is 6.07. The molecule has 0 amide bonds. The van der Waals surface area contributed by atoms with Gasteiger partial charge in [-0.15, -0.1) is 0 Å². The number of benzene rings is 2. The lowest BCUT2D eigenvalue weighted by molar-refractivity contribution is -0.108. The molecule has 0 N–H and O–H groups in total. The molecule has 5 nitrogen and oxygen atoms in total. The van der Waals surface area contributed by atoms with E-state index in [1.165, 1.54) is 6.92 Å². The number of ether oxygens (including phenoxy) is 2. The first-order valence-electron chi connectivity index (χ1n) is 9.54. The first kappa shape index (κ1) is 22.4. The van der Waals surface area contributed by atoms with Crippen molar-refractivity contribution < 1.29 is 19.1 Å². The van der Waals surface area contributed by atoms with Crippen LogP contribution in [0.5, 0.6) is 5.75 Å². The number of carbonyl (C=O) groups excluding carboxylic acids is 2. The van der Waals surface area contributed by atoms with E-state index in [1.807, 2.05) is 69.3 Å². The predicted molar refractivity (Wildman–Crippen MR) is 116 cm³/mol. The summed E-state index contributed by atoms with van der Waals surface area (Å²) in [5, 5.41) is 0.810. The molecule has 0 spiro atoms. The summed E-state index contributed by atoms with van der Waals surface area (Å²) < 4.78 is 12.5. The monoisotopic (exact) mass is 395 g/mol. The Morgan fingerprint density at radius 1 is 1.10 bits per heavy atom. The molecule has 0 atom stereocenters. The molecule has 0 aliphatic rings. The van der Waals surface area contributed by atoms with Crippen molar-refractivity contribution >= 4 is 23.0 Å². The Balaban J connectivity index is 0.000000438. The molecule has 0 radical (unpaired) electrons. The number of aldehydes is 1. The number of nitrogens with zero attached hydrogens (tertiary/aromatic N) is 1. The van der Waals surface area contributed by atoms with Crippen molar-refractivity contribution in [3.05, 3.63) is 65.9 Å². The molecule has 3 aromatic rings. The first-order valence-corrected chi connectivity index (χ1v) is 9.54. The number of carbonyl (C=O) groups is 2. The van der Waals surface area contributed by atoms with Gasteiger partial charge in [0.1, 0.15) is 18.6 Å². The van der Waals surface area contributed by atoms with E-state index in [0.717, 1.165) is 22.8 Å². The number of aromatic nitrogens is 1. The fourth-order valence-corrected chi connectivity index (χ4v) is 2.62. The van der Waals surface area contributed by atoms with E-state index >= 15 is 0 Å². The average Bonchev–Trinajstić information content (AvgIpc) is 3.06. The molecule has 3 rings (SSSR count). The van der Waals surface area contributed by atoms with Crippen molar-refractivity contribution in [2.75, 3.05) is 7.11 Å². The van der Waals surface area contributed by atoms with E-state index in [2.05, 4.69) is 0 Å². The van der Waals surface area contributed by atoms with Crippen molar-refractivity contribution in [2.45, 2.75) is 46.4 Å². The number of ketones is 1. The average molecular weight is 395 g/mol. The molecule has 0 fully saturated rings. The van der Waals surface area contributed by atoms with E-state index in [9.17, 15) is 9.59 Å². The summed E-state index contributed by atoms with van der Waals surface area (Å²) in [5.41, 5.74) is 2.58. The van der Waals surface area contributed by atoms with E-state index < -0.39 is 0 Å². The van der Waals surface area contributed by atoms with Crippen molar-refractivity contribution in [3.8, 4) is 5.75 Å². The molecular weight excluding hydrogens is 366 g/mol. The van der Waals surface area contributed by atoms with Crippen molar-refractivity contribution in [1.82, 2.24) is 4.57 Å². The summed E-state index contributed by atoms with van der Waals surface area (Å²) in [4.78, 5) is 22.6. The van der Waals surface area contributed by atoms with E-state index in [1.54, 1.807) is 17.9 Å². The van der Waals surface area contributed by atoms with Gasteiger partial charge in [-0.2, -0.15) is 0 Å². The second-order valence-corrected chi connectivity index (χ2v) is 7.69. The Morgan fingerprint density at radius 3 is 2.31 bits per heavy atom. The van der Waals surface area contributed by atoms with Gasteiger partial charge < -0.3 is 18.8 Å². The van der Waals surface area contributed by atoms with Crippen LogP contribution in [0.3, 0.4) is 0 Å². The highest BCUT2D eigenvalue weighted by atomic mass is 16.5. The Kier molecular flexibility index (Phi) is 7.74. The lowest BCUT2D eigenvalue weighted by atomic mass is 10.1. The summed E-state index contributed by atoms with van der Waals surface area (Å²) in [6.07, 6.45) is 2.55. The summed E-state index contributed by atoms with van der Waals surface area (Å²) in [6, 6.07) is 15.5. The summed E-state index contributed by atoms with van der Waals surface area (Å²) >= 11 is 0. The normalized spacial score (nSPS) is 10.9. The summed E-state index contributed by atoms with van der Waals surface area (Å²) in [5.74, 6) is 0.674. The molecule has 1 aromatic heterocycles. The van der Waals surface area contributed by atoms with Crippen LogP contribution < -0.4 is 4.74 Å². The standard InChI is InChI=1S/C19H17NO3.C5H12O/c1-14(22)18-12-20(9-10-21)19-8-7-16(11-17(18)19)23-13-15-5-3-2-4-6-15;1-5(2,3)6-4/h2-8,10-12H,9,13H2,1H3;1-4H3. The van der Waals surface area contributed by atoms with Crippen LogP contribution >= 0.6 is 0 Å². The zero-order valence-electron chi connectivity index (χ0n) is 17.8. The highest BCUT2D eigenvalue weighted by Gasteiger charge is 2.13. The largest absolute Gasteiger partial charge is 0.489 e. The molecule has 0 unspecified atom stereocenters. The SMILES string of the molecule is CC(=O)c1cn(CC=O)c2ccc(OCc3ccccc3)cc12.COC(C)(C)C. The minimum atomic E-state index is -0.0279. The maximum absolute atomic E-state index is 11.8. The second kappa shape index (κ2) is 10.0. The van der Waals surface area contributed by atoms with Crippen molar-refractivity contribution in [1.29, 1.82) is 0 Å². The van der Waals surface area contributed by atoms with Crippen LogP contribution in [0.25, 0.3) is 10.9 Å². The maximum Gasteiger partial charge on any atom is 0.161 e. The number of Topliss-reactive ketones (excluding diaryl/α,β-unsaturated/α-hetero) is 1. The first-order chi connectivity index (χ1) is 13.7. The zero-order chi connectivity index (χ0) is 21.4. The number of methoxy groups -OCH3 is 1. The zero-order valence-corrected chi connectivity index (χ0v) is 17.8. The third kappa shape index (κ3) is 6.57. The van der Waals surface area contributed by atoms with Crippen LogP contribution in [0.2, 0.25) is 0 Å². The molecule has 5 heteroatoms. The van der Waals surface area contributed by atoms with Crippen LogP contribution in [0.4, 0.5) is 0 Å². The Labute approximate surface area is 172 Å².